The zero-order valence-corrected chi connectivity index (χ0v) is 8.74. The summed E-state index contributed by atoms with van der Waals surface area (Å²) >= 11 is 5.90. The van der Waals surface area contributed by atoms with Gasteiger partial charge in [0.25, 0.3) is 0 Å². The summed E-state index contributed by atoms with van der Waals surface area (Å²) in [6.45, 7) is 0.523. The molecule has 1 aromatic rings. The highest BCUT2D eigenvalue weighted by Gasteiger charge is 2.28. The van der Waals surface area contributed by atoms with E-state index in [0.29, 0.717) is 18.5 Å². The summed E-state index contributed by atoms with van der Waals surface area (Å²) in [6.07, 6.45) is 0.373. The Morgan fingerprint density at radius 3 is 2.93 bits per heavy atom. The van der Waals surface area contributed by atoms with E-state index in [1.54, 1.807) is 23.1 Å². The van der Waals surface area contributed by atoms with Gasteiger partial charge in [0.1, 0.15) is 0 Å². The highest BCUT2D eigenvalue weighted by molar-refractivity contribution is 6.24. The number of carbonyl (C=O) groups is 1. The molecule has 76 valence electrons. The van der Waals surface area contributed by atoms with Crippen molar-refractivity contribution in [3.8, 4) is 6.07 Å². The van der Waals surface area contributed by atoms with E-state index in [0.717, 1.165) is 5.69 Å². The molecule has 0 N–H and O–H groups in total. The first-order valence-corrected chi connectivity index (χ1v) is 5.09. The average molecular weight is 221 g/mol. The number of nitriles is 1. The normalized spacial score (nSPS) is 20.4. The third-order valence-electron chi connectivity index (χ3n) is 2.36. The van der Waals surface area contributed by atoms with Crippen molar-refractivity contribution < 1.29 is 4.79 Å². The third kappa shape index (κ3) is 1.95. The molecule has 0 aliphatic carbocycles. The van der Waals surface area contributed by atoms with Crippen LogP contribution in [0, 0.1) is 11.3 Å². The molecule has 3 nitrogen and oxygen atoms in total. The van der Waals surface area contributed by atoms with Crippen molar-refractivity contribution >= 4 is 23.2 Å². The topological polar surface area (TPSA) is 44.1 Å². The fourth-order valence-corrected chi connectivity index (χ4v) is 1.93. The quantitative estimate of drug-likeness (QED) is 0.679. The van der Waals surface area contributed by atoms with Crippen molar-refractivity contribution in [3.63, 3.8) is 0 Å². The van der Waals surface area contributed by atoms with Crippen LogP contribution in [-0.4, -0.2) is 17.8 Å². The molecule has 1 aliphatic rings. The largest absolute Gasteiger partial charge is 0.311 e. The number of nitrogens with zero attached hydrogens (tertiary/aromatic N) is 2. The molecule has 1 fully saturated rings. The molecule has 0 bridgehead atoms. The molecule has 1 unspecified atom stereocenters. The molecule has 0 radical (unpaired) electrons. The second-order valence-corrected chi connectivity index (χ2v) is 4.09. The molecule has 1 aliphatic heterocycles. The van der Waals surface area contributed by atoms with Gasteiger partial charge in [-0.3, -0.25) is 4.79 Å². The van der Waals surface area contributed by atoms with Gasteiger partial charge in [-0.15, -0.1) is 11.6 Å². The molecule has 2 rings (SSSR count). The Labute approximate surface area is 92.9 Å². The zero-order valence-electron chi connectivity index (χ0n) is 7.98. The van der Waals surface area contributed by atoms with Crippen LogP contribution in [0.3, 0.4) is 0 Å². The number of benzene rings is 1. The van der Waals surface area contributed by atoms with Gasteiger partial charge in [0.15, 0.2) is 0 Å². The lowest BCUT2D eigenvalue weighted by molar-refractivity contribution is -0.117. The van der Waals surface area contributed by atoms with E-state index < -0.39 is 0 Å². The Balaban J connectivity index is 2.30. The van der Waals surface area contributed by atoms with E-state index in [4.69, 9.17) is 16.9 Å². The van der Waals surface area contributed by atoms with Gasteiger partial charge >= 0.3 is 0 Å². The molecular formula is C11H9ClN2O. The Morgan fingerprint density at radius 1 is 1.53 bits per heavy atom. The molecule has 4 heteroatoms. The molecule has 0 saturated carbocycles. The van der Waals surface area contributed by atoms with Crippen LogP contribution in [0.5, 0.6) is 0 Å². The van der Waals surface area contributed by atoms with Crippen molar-refractivity contribution in [2.45, 2.75) is 11.8 Å². The Hall–Kier alpha value is -1.53. The number of hydrogen-bond acceptors (Lipinski definition) is 2. The second kappa shape index (κ2) is 3.92. The van der Waals surface area contributed by atoms with Gasteiger partial charge in [0.05, 0.1) is 17.0 Å². The lowest BCUT2D eigenvalue weighted by Crippen LogP contribution is -2.24. The van der Waals surface area contributed by atoms with Gasteiger partial charge in [-0.1, -0.05) is 6.07 Å². The maximum atomic E-state index is 11.5. The number of halogens is 1. The summed E-state index contributed by atoms with van der Waals surface area (Å²) in [4.78, 5) is 13.2. The summed E-state index contributed by atoms with van der Waals surface area (Å²) < 4.78 is 0. The van der Waals surface area contributed by atoms with Crippen LogP contribution >= 0.6 is 11.6 Å². The molecule has 0 aromatic heterocycles. The predicted molar refractivity (Wildman–Crippen MR) is 57.8 cm³/mol. The van der Waals surface area contributed by atoms with Gasteiger partial charge < -0.3 is 4.90 Å². The van der Waals surface area contributed by atoms with Crippen LogP contribution in [0.4, 0.5) is 5.69 Å². The fraction of sp³-hybridized carbons (Fsp3) is 0.273. The maximum Gasteiger partial charge on any atom is 0.228 e. The Bertz CT molecular complexity index is 438. The first-order valence-electron chi connectivity index (χ1n) is 4.65. The van der Waals surface area contributed by atoms with Crippen LogP contribution in [0.2, 0.25) is 0 Å². The minimum absolute atomic E-state index is 0.0186. The second-order valence-electron chi connectivity index (χ2n) is 3.47. The first kappa shape index (κ1) is 10.0. The molecule has 1 saturated heterocycles. The summed E-state index contributed by atoms with van der Waals surface area (Å²) in [5.74, 6) is 0.0186. The van der Waals surface area contributed by atoms with Crippen LogP contribution in [-0.2, 0) is 4.79 Å². The summed E-state index contributed by atoms with van der Waals surface area (Å²) in [5.41, 5.74) is 1.31. The van der Waals surface area contributed by atoms with Gasteiger partial charge in [-0.05, 0) is 18.2 Å². The van der Waals surface area contributed by atoms with Crippen molar-refractivity contribution in [1.82, 2.24) is 0 Å². The van der Waals surface area contributed by atoms with E-state index >= 15 is 0 Å². The molecular weight excluding hydrogens is 212 g/mol. The fourth-order valence-electron chi connectivity index (χ4n) is 1.66. The maximum absolute atomic E-state index is 11.5. The molecule has 1 amide bonds. The predicted octanol–water partition coefficient (Wildman–Crippen LogP) is 1.90. The zero-order chi connectivity index (χ0) is 10.8. The summed E-state index contributed by atoms with van der Waals surface area (Å²) in [7, 11) is 0. The monoisotopic (exact) mass is 220 g/mol. The van der Waals surface area contributed by atoms with E-state index in [1.807, 2.05) is 12.1 Å². The number of amides is 1. The van der Waals surface area contributed by atoms with Gasteiger partial charge in [-0.25, -0.2) is 0 Å². The van der Waals surface area contributed by atoms with Crippen molar-refractivity contribution in [2.24, 2.45) is 0 Å². The first-order chi connectivity index (χ1) is 7.20. The SMILES string of the molecule is N#Cc1cccc(N2CC(Cl)CC2=O)c1. The smallest absolute Gasteiger partial charge is 0.228 e. The van der Waals surface area contributed by atoms with Crippen molar-refractivity contribution in [2.75, 3.05) is 11.4 Å². The van der Waals surface area contributed by atoms with Gasteiger partial charge in [0.2, 0.25) is 5.91 Å². The highest BCUT2D eigenvalue weighted by Crippen LogP contribution is 2.24. The van der Waals surface area contributed by atoms with Crippen LogP contribution in [0.15, 0.2) is 24.3 Å². The molecule has 0 spiro atoms. The number of alkyl halides is 1. The minimum atomic E-state index is -0.122. The molecule has 1 atom stereocenters. The average Bonchev–Trinajstić information content (AvgIpc) is 2.58. The van der Waals surface area contributed by atoms with Crippen LogP contribution < -0.4 is 4.90 Å². The number of carbonyl (C=O) groups excluding carboxylic acids is 1. The van der Waals surface area contributed by atoms with Gasteiger partial charge in [-0.2, -0.15) is 5.26 Å². The number of hydrogen-bond donors (Lipinski definition) is 0. The number of anilines is 1. The molecule has 1 heterocycles. The molecule has 15 heavy (non-hydrogen) atoms. The van der Waals surface area contributed by atoms with Crippen molar-refractivity contribution in [1.29, 1.82) is 5.26 Å². The standard InChI is InChI=1S/C11H9ClN2O/c12-9-5-11(15)14(7-9)10-3-1-2-8(4-10)6-13/h1-4,9H,5,7H2. The number of rotatable bonds is 1. The Kier molecular flexibility index (Phi) is 2.61. The van der Waals surface area contributed by atoms with Crippen LogP contribution in [0.25, 0.3) is 0 Å². The Morgan fingerprint density at radius 2 is 2.33 bits per heavy atom. The highest BCUT2D eigenvalue weighted by atomic mass is 35.5. The van der Waals surface area contributed by atoms with E-state index in [1.165, 1.54) is 0 Å². The van der Waals surface area contributed by atoms with E-state index in [-0.39, 0.29) is 11.3 Å². The molecule has 1 aromatic carbocycles. The summed E-state index contributed by atoms with van der Waals surface area (Å²) in [5, 5.41) is 8.62. The minimum Gasteiger partial charge on any atom is -0.311 e. The van der Waals surface area contributed by atoms with Crippen molar-refractivity contribution in [3.05, 3.63) is 29.8 Å². The van der Waals surface area contributed by atoms with Gasteiger partial charge in [0, 0.05) is 18.7 Å². The third-order valence-corrected chi connectivity index (χ3v) is 2.66. The lowest BCUT2D eigenvalue weighted by atomic mass is 10.2. The van der Waals surface area contributed by atoms with E-state index in [2.05, 4.69) is 0 Å². The summed E-state index contributed by atoms with van der Waals surface area (Å²) in [6, 6.07) is 9.04. The van der Waals surface area contributed by atoms with Crippen LogP contribution in [0.1, 0.15) is 12.0 Å². The lowest BCUT2D eigenvalue weighted by Gasteiger charge is -2.15. The van der Waals surface area contributed by atoms with E-state index in [9.17, 15) is 4.79 Å².